The van der Waals surface area contributed by atoms with E-state index >= 15 is 0 Å². The van der Waals surface area contributed by atoms with Gasteiger partial charge in [0, 0.05) is 25.9 Å². The van der Waals surface area contributed by atoms with Crippen molar-refractivity contribution < 1.29 is 22.7 Å². The Morgan fingerprint density at radius 1 is 1.13 bits per heavy atom. The molecule has 1 aromatic rings. The van der Waals surface area contributed by atoms with Gasteiger partial charge in [-0.05, 0) is 19.1 Å². The second kappa shape index (κ2) is 6.10. The molecule has 2 saturated heterocycles. The minimum Gasteiger partial charge on any atom is -0.347 e. The largest absolute Gasteiger partial charge is 0.347 e. The van der Waals surface area contributed by atoms with Crippen LogP contribution in [0.4, 0.5) is 4.79 Å². The van der Waals surface area contributed by atoms with Gasteiger partial charge in [0.25, 0.3) is 10.0 Å². The summed E-state index contributed by atoms with van der Waals surface area (Å²) in [6.45, 7) is 3.79. The van der Waals surface area contributed by atoms with Crippen molar-refractivity contribution >= 4 is 16.1 Å². The Balaban J connectivity index is 1.62. The maximum absolute atomic E-state index is 12.2. The van der Waals surface area contributed by atoms with Crippen LogP contribution in [0.2, 0.25) is 0 Å². The normalized spacial score (nSPS) is 20.7. The van der Waals surface area contributed by atoms with Gasteiger partial charge in [-0.3, -0.25) is 0 Å². The number of aryl methyl sites for hydroxylation is 1. The van der Waals surface area contributed by atoms with E-state index in [9.17, 15) is 13.2 Å². The fraction of sp³-hybridized carbons (Fsp3) is 0.533. The summed E-state index contributed by atoms with van der Waals surface area (Å²) in [5.41, 5.74) is 0.952. The number of hydrogen-bond donors (Lipinski definition) is 1. The second-order valence-corrected chi connectivity index (χ2v) is 7.50. The third-order valence-corrected chi connectivity index (χ3v) is 5.52. The van der Waals surface area contributed by atoms with Gasteiger partial charge in [0.1, 0.15) is 0 Å². The Morgan fingerprint density at radius 3 is 2.26 bits per heavy atom. The number of ether oxygens (including phenoxy) is 2. The Bertz CT molecular complexity index is 670. The third kappa shape index (κ3) is 3.49. The maximum Gasteiger partial charge on any atom is 0.331 e. The van der Waals surface area contributed by atoms with E-state index < -0.39 is 21.8 Å². The summed E-state index contributed by atoms with van der Waals surface area (Å²) in [6, 6.07) is 5.74. The SMILES string of the molecule is Cc1ccc(S(=O)(=O)NC(=O)N2CCC3(CC2)OCCO3)cc1. The summed E-state index contributed by atoms with van der Waals surface area (Å²) in [6.07, 6.45) is 1.09. The summed E-state index contributed by atoms with van der Waals surface area (Å²) >= 11 is 0. The number of carbonyl (C=O) groups excluding carboxylic acids is 1. The molecule has 0 aliphatic carbocycles. The lowest BCUT2D eigenvalue weighted by molar-refractivity contribution is -0.181. The predicted octanol–water partition coefficient (Wildman–Crippen LogP) is 1.23. The number of rotatable bonds is 2. The van der Waals surface area contributed by atoms with Gasteiger partial charge in [-0.1, -0.05) is 17.7 Å². The second-order valence-electron chi connectivity index (χ2n) is 5.82. The Kier molecular flexibility index (Phi) is 4.31. The Morgan fingerprint density at radius 2 is 1.70 bits per heavy atom. The maximum atomic E-state index is 12.2. The van der Waals surface area contributed by atoms with Crippen molar-refractivity contribution in [1.29, 1.82) is 0 Å². The molecule has 0 unspecified atom stereocenters. The number of nitrogens with one attached hydrogen (secondary N) is 1. The first kappa shape index (κ1) is 16.2. The van der Waals surface area contributed by atoms with Crippen LogP contribution in [0.25, 0.3) is 0 Å². The Labute approximate surface area is 135 Å². The highest BCUT2D eigenvalue weighted by Crippen LogP contribution is 2.31. The minimum atomic E-state index is -3.86. The number of sulfonamides is 1. The molecule has 2 aliphatic heterocycles. The number of piperidine rings is 1. The highest BCUT2D eigenvalue weighted by molar-refractivity contribution is 7.90. The monoisotopic (exact) mass is 340 g/mol. The van der Waals surface area contributed by atoms with Gasteiger partial charge in [0.15, 0.2) is 5.79 Å². The van der Waals surface area contributed by atoms with Gasteiger partial charge in [-0.25, -0.2) is 17.9 Å². The lowest BCUT2D eigenvalue weighted by Gasteiger charge is -2.37. The molecule has 2 heterocycles. The highest BCUT2D eigenvalue weighted by atomic mass is 32.2. The van der Waals surface area contributed by atoms with Gasteiger partial charge < -0.3 is 14.4 Å². The van der Waals surface area contributed by atoms with E-state index in [0.717, 1.165) is 5.56 Å². The lowest BCUT2D eigenvalue weighted by Crippen LogP contribution is -2.51. The fourth-order valence-electron chi connectivity index (χ4n) is 2.79. The van der Waals surface area contributed by atoms with E-state index in [-0.39, 0.29) is 4.90 Å². The molecule has 1 aromatic carbocycles. The van der Waals surface area contributed by atoms with Crippen molar-refractivity contribution in [2.75, 3.05) is 26.3 Å². The smallest absolute Gasteiger partial charge is 0.331 e. The molecule has 3 rings (SSSR count). The van der Waals surface area contributed by atoms with Crippen molar-refractivity contribution in [1.82, 2.24) is 9.62 Å². The Hall–Kier alpha value is -1.64. The molecule has 1 spiro atoms. The molecule has 0 atom stereocenters. The zero-order valence-corrected chi connectivity index (χ0v) is 13.8. The topological polar surface area (TPSA) is 84.9 Å². The van der Waals surface area contributed by atoms with Crippen molar-refractivity contribution in [2.24, 2.45) is 0 Å². The van der Waals surface area contributed by atoms with Crippen LogP contribution in [0.15, 0.2) is 29.2 Å². The van der Waals surface area contributed by atoms with Crippen molar-refractivity contribution in [3.63, 3.8) is 0 Å². The van der Waals surface area contributed by atoms with Crippen LogP contribution in [0.1, 0.15) is 18.4 Å². The van der Waals surface area contributed by atoms with E-state index in [1.165, 1.54) is 17.0 Å². The first-order valence-electron chi connectivity index (χ1n) is 7.57. The van der Waals surface area contributed by atoms with Crippen LogP contribution in [-0.4, -0.2) is 51.4 Å². The molecule has 0 radical (unpaired) electrons. The zero-order valence-electron chi connectivity index (χ0n) is 12.9. The third-order valence-electron chi connectivity index (χ3n) is 4.18. The van der Waals surface area contributed by atoms with E-state index in [2.05, 4.69) is 4.72 Å². The fourth-order valence-corrected chi connectivity index (χ4v) is 3.76. The molecule has 0 saturated carbocycles. The number of amides is 2. The summed E-state index contributed by atoms with van der Waals surface area (Å²) < 4.78 is 37.8. The van der Waals surface area contributed by atoms with Gasteiger partial charge in [-0.15, -0.1) is 0 Å². The number of carbonyl (C=O) groups is 1. The molecular weight excluding hydrogens is 320 g/mol. The summed E-state index contributed by atoms with van der Waals surface area (Å²) in [5, 5.41) is 0. The van der Waals surface area contributed by atoms with E-state index in [4.69, 9.17) is 9.47 Å². The molecule has 2 fully saturated rings. The zero-order chi connectivity index (χ0) is 16.5. The number of likely N-dealkylation sites (tertiary alicyclic amines) is 1. The average molecular weight is 340 g/mol. The molecule has 2 amide bonds. The van der Waals surface area contributed by atoms with Crippen molar-refractivity contribution in [2.45, 2.75) is 30.4 Å². The molecule has 0 bridgehead atoms. The minimum absolute atomic E-state index is 0.0763. The molecule has 2 aliphatic rings. The molecule has 7 nitrogen and oxygen atoms in total. The van der Waals surface area contributed by atoms with Gasteiger partial charge in [0.2, 0.25) is 0 Å². The van der Waals surface area contributed by atoms with Crippen LogP contribution in [0.5, 0.6) is 0 Å². The standard InChI is InChI=1S/C15H20N2O5S/c1-12-2-4-13(5-3-12)23(19,20)16-14(18)17-8-6-15(7-9-17)21-10-11-22-15/h2-5H,6-11H2,1H3,(H,16,18). The molecular formula is C15H20N2O5S. The number of urea groups is 1. The predicted molar refractivity (Wildman–Crippen MR) is 82.3 cm³/mol. The van der Waals surface area contributed by atoms with Crippen molar-refractivity contribution in [3.05, 3.63) is 29.8 Å². The summed E-state index contributed by atoms with van der Waals surface area (Å²) in [4.78, 5) is 13.8. The molecule has 0 aromatic heterocycles. The van der Waals surface area contributed by atoms with Crippen LogP contribution >= 0.6 is 0 Å². The summed E-state index contributed by atoms with van der Waals surface area (Å²) in [5.74, 6) is -0.591. The average Bonchev–Trinajstić information content (AvgIpc) is 2.96. The van der Waals surface area contributed by atoms with E-state index in [1.807, 2.05) is 6.92 Å². The molecule has 126 valence electrons. The summed E-state index contributed by atoms with van der Waals surface area (Å²) in [7, 11) is -3.86. The lowest BCUT2D eigenvalue weighted by atomic mass is 10.0. The van der Waals surface area contributed by atoms with Gasteiger partial charge in [0.05, 0.1) is 18.1 Å². The van der Waals surface area contributed by atoms with Gasteiger partial charge >= 0.3 is 6.03 Å². The van der Waals surface area contributed by atoms with E-state index in [0.29, 0.717) is 39.1 Å². The number of nitrogens with zero attached hydrogens (tertiary/aromatic N) is 1. The van der Waals surface area contributed by atoms with E-state index in [1.54, 1.807) is 12.1 Å². The number of benzene rings is 1. The van der Waals surface area contributed by atoms with Crippen LogP contribution in [0, 0.1) is 6.92 Å². The first-order valence-corrected chi connectivity index (χ1v) is 9.05. The number of hydrogen-bond acceptors (Lipinski definition) is 5. The molecule has 1 N–H and O–H groups in total. The highest BCUT2D eigenvalue weighted by Gasteiger charge is 2.41. The van der Waals surface area contributed by atoms with Crippen molar-refractivity contribution in [3.8, 4) is 0 Å². The van der Waals surface area contributed by atoms with Crippen LogP contribution < -0.4 is 4.72 Å². The first-order chi connectivity index (χ1) is 10.9. The molecule has 23 heavy (non-hydrogen) atoms. The quantitative estimate of drug-likeness (QED) is 0.875. The van der Waals surface area contributed by atoms with Crippen LogP contribution in [0.3, 0.4) is 0 Å². The molecule has 8 heteroatoms. The van der Waals surface area contributed by atoms with Gasteiger partial charge in [-0.2, -0.15) is 0 Å². The van der Waals surface area contributed by atoms with Crippen LogP contribution in [-0.2, 0) is 19.5 Å².